The van der Waals surface area contributed by atoms with Crippen LogP contribution in [0.15, 0.2) is 54.6 Å². The molecule has 1 aliphatic heterocycles. The third-order valence-electron chi connectivity index (χ3n) is 4.39. The summed E-state index contributed by atoms with van der Waals surface area (Å²) in [6, 6.07) is 14.7. The zero-order valence-corrected chi connectivity index (χ0v) is 13.1. The largest absolute Gasteiger partial charge is 0.416 e. The van der Waals surface area contributed by atoms with Crippen LogP contribution < -0.4 is 0 Å². The molecule has 0 bridgehead atoms. The number of carbonyl (C=O) groups is 1. The minimum absolute atomic E-state index is 0.0406. The SMILES string of the molecule is O=C(Cc1ccc(C(F)(F)F)cc1)N1CCCC1c1ccccc1. The van der Waals surface area contributed by atoms with Crippen LogP contribution >= 0.6 is 0 Å². The van der Waals surface area contributed by atoms with Gasteiger partial charge in [0.2, 0.25) is 5.91 Å². The standard InChI is InChI=1S/C19H18F3NO/c20-19(21,22)16-10-8-14(9-11-16)13-18(24)23-12-4-7-17(23)15-5-2-1-3-6-15/h1-3,5-6,8-11,17H,4,7,12-13H2. The van der Waals surface area contributed by atoms with Gasteiger partial charge < -0.3 is 4.90 Å². The van der Waals surface area contributed by atoms with Crippen LogP contribution in [-0.2, 0) is 17.4 Å². The molecule has 24 heavy (non-hydrogen) atoms. The van der Waals surface area contributed by atoms with Gasteiger partial charge in [-0.2, -0.15) is 13.2 Å². The van der Waals surface area contributed by atoms with Crippen molar-refractivity contribution in [3.63, 3.8) is 0 Å². The first-order chi connectivity index (χ1) is 11.4. The Morgan fingerprint density at radius 1 is 1.04 bits per heavy atom. The van der Waals surface area contributed by atoms with Crippen LogP contribution in [0.3, 0.4) is 0 Å². The molecule has 2 aromatic rings. The Bertz CT molecular complexity index is 695. The lowest BCUT2D eigenvalue weighted by Gasteiger charge is -2.25. The van der Waals surface area contributed by atoms with Gasteiger partial charge in [0.25, 0.3) is 0 Å². The molecule has 126 valence electrons. The van der Waals surface area contributed by atoms with Crippen molar-refractivity contribution in [1.29, 1.82) is 0 Å². The maximum Gasteiger partial charge on any atom is 0.416 e. The molecule has 3 rings (SSSR count). The number of hydrogen-bond donors (Lipinski definition) is 0. The fraction of sp³-hybridized carbons (Fsp3) is 0.316. The predicted octanol–water partition coefficient (Wildman–Crippen LogP) is 4.61. The number of nitrogens with zero attached hydrogens (tertiary/aromatic N) is 1. The summed E-state index contributed by atoms with van der Waals surface area (Å²) < 4.78 is 37.8. The van der Waals surface area contributed by atoms with Gasteiger partial charge in [-0.15, -0.1) is 0 Å². The third kappa shape index (κ3) is 3.61. The number of carbonyl (C=O) groups excluding carboxylic acids is 1. The number of hydrogen-bond acceptors (Lipinski definition) is 1. The molecule has 0 N–H and O–H groups in total. The average Bonchev–Trinajstić information content (AvgIpc) is 3.05. The van der Waals surface area contributed by atoms with E-state index in [1.54, 1.807) is 0 Å². The van der Waals surface area contributed by atoms with Gasteiger partial charge in [0.15, 0.2) is 0 Å². The van der Waals surface area contributed by atoms with E-state index in [1.807, 2.05) is 35.2 Å². The Kier molecular flexibility index (Phi) is 4.60. The van der Waals surface area contributed by atoms with Crippen molar-refractivity contribution < 1.29 is 18.0 Å². The lowest BCUT2D eigenvalue weighted by molar-refractivity contribution is -0.137. The van der Waals surface area contributed by atoms with Crippen molar-refractivity contribution in [3.8, 4) is 0 Å². The minimum atomic E-state index is -4.35. The number of amides is 1. The first-order valence-electron chi connectivity index (χ1n) is 7.96. The Morgan fingerprint density at radius 3 is 2.33 bits per heavy atom. The summed E-state index contributed by atoms with van der Waals surface area (Å²) in [5, 5.41) is 0. The number of alkyl halides is 3. The van der Waals surface area contributed by atoms with E-state index in [1.165, 1.54) is 12.1 Å². The summed E-state index contributed by atoms with van der Waals surface area (Å²) in [6.45, 7) is 0.693. The van der Waals surface area contributed by atoms with Crippen molar-refractivity contribution in [2.24, 2.45) is 0 Å². The smallest absolute Gasteiger partial charge is 0.335 e. The van der Waals surface area contributed by atoms with Crippen LogP contribution in [0.1, 0.15) is 35.6 Å². The van der Waals surface area contributed by atoms with E-state index in [4.69, 9.17) is 0 Å². The molecule has 0 radical (unpaired) electrons. The normalized spacial score (nSPS) is 18.0. The van der Waals surface area contributed by atoms with E-state index in [-0.39, 0.29) is 18.4 Å². The summed E-state index contributed by atoms with van der Waals surface area (Å²) >= 11 is 0. The fourth-order valence-corrected chi connectivity index (χ4v) is 3.17. The van der Waals surface area contributed by atoms with Crippen molar-refractivity contribution in [3.05, 3.63) is 71.3 Å². The highest BCUT2D eigenvalue weighted by molar-refractivity contribution is 5.79. The topological polar surface area (TPSA) is 20.3 Å². The summed E-state index contributed by atoms with van der Waals surface area (Å²) in [7, 11) is 0. The van der Waals surface area contributed by atoms with E-state index in [2.05, 4.69) is 0 Å². The van der Waals surface area contributed by atoms with Crippen LogP contribution in [0, 0.1) is 0 Å². The highest BCUT2D eigenvalue weighted by atomic mass is 19.4. The molecule has 1 amide bonds. The molecule has 1 unspecified atom stereocenters. The van der Waals surface area contributed by atoms with E-state index in [0.29, 0.717) is 12.1 Å². The molecule has 1 aliphatic rings. The van der Waals surface area contributed by atoms with Crippen LogP contribution in [0.4, 0.5) is 13.2 Å². The number of rotatable bonds is 3. The average molecular weight is 333 g/mol. The van der Waals surface area contributed by atoms with Gasteiger partial charge in [-0.3, -0.25) is 4.79 Å². The van der Waals surface area contributed by atoms with Crippen LogP contribution in [0.25, 0.3) is 0 Å². The Hall–Kier alpha value is -2.30. The highest BCUT2D eigenvalue weighted by Crippen LogP contribution is 2.33. The van der Waals surface area contributed by atoms with Gasteiger partial charge in [-0.25, -0.2) is 0 Å². The second-order valence-electron chi connectivity index (χ2n) is 6.03. The molecule has 1 atom stereocenters. The molecule has 5 heteroatoms. The summed E-state index contributed by atoms with van der Waals surface area (Å²) in [4.78, 5) is 14.4. The van der Waals surface area contributed by atoms with Gasteiger partial charge in [0, 0.05) is 6.54 Å². The maximum absolute atomic E-state index is 12.6. The Morgan fingerprint density at radius 2 is 1.71 bits per heavy atom. The van der Waals surface area contributed by atoms with Gasteiger partial charge in [-0.1, -0.05) is 42.5 Å². The van der Waals surface area contributed by atoms with Crippen LogP contribution in [0.5, 0.6) is 0 Å². The first kappa shape index (κ1) is 16.6. The molecular weight excluding hydrogens is 315 g/mol. The summed E-state index contributed by atoms with van der Waals surface area (Å²) in [5.41, 5.74) is 1.02. The summed E-state index contributed by atoms with van der Waals surface area (Å²) in [6.07, 6.45) is -2.36. The zero-order valence-electron chi connectivity index (χ0n) is 13.1. The van der Waals surface area contributed by atoms with Gasteiger partial charge in [-0.05, 0) is 36.1 Å². The molecular formula is C19H18F3NO. The number of benzene rings is 2. The molecule has 2 nitrogen and oxygen atoms in total. The molecule has 2 aromatic carbocycles. The van der Waals surface area contributed by atoms with Gasteiger partial charge in [0.1, 0.15) is 0 Å². The molecule has 1 heterocycles. The molecule has 1 saturated heterocycles. The Balaban J connectivity index is 1.70. The predicted molar refractivity (Wildman–Crippen MR) is 85.3 cm³/mol. The Labute approximate surface area is 138 Å². The van der Waals surface area contributed by atoms with Gasteiger partial charge >= 0.3 is 6.18 Å². The molecule has 0 aromatic heterocycles. The second kappa shape index (κ2) is 6.67. The number of halogens is 3. The second-order valence-corrected chi connectivity index (χ2v) is 6.03. The lowest BCUT2D eigenvalue weighted by Crippen LogP contribution is -2.31. The van der Waals surface area contributed by atoms with Crippen molar-refractivity contribution in [2.45, 2.75) is 31.5 Å². The quantitative estimate of drug-likeness (QED) is 0.803. The maximum atomic E-state index is 12.6. The monoisotopic (exact) mass is 333 g/mol. The van der Waals surface area contributed by atoms with E-state index < -0.39 is 11.7 Å². The fourth-order valence-electron chi connectivity index (χ4n) is 3.17. The zero-order chi connectivity index (χ0) is 17.2. The molecule has 0 aliphatic carbocycles. The third-order valence-corrected chi connectivity index (χ3v) is 4.39. The molecule has 0 spiro atoms. The first-order valence-corrected chi connectivity index (χ1v) is 7.96. The highest BCUT2D eigenvalue weighted by Gasteiger charge is 2.31. The van der Waals surface area contributed by atoms with E-state index >= 15 is 0 Å². The van der Waals surface area contributed by atoms with Crippen molar-refractivity contribution in [1.82, 2.24) is 4.90 Å². The lowest BCUT2D eigenvalue weighted by atomic mass is 10.0. The molecule has 0 saturated carbocycles. The minimum Gasteiger partial charge on any atom is -0.335 e. The van der Waals surface area contributed by atoms with Crippen LogP contribution in [0.2, 0.25) is 0 Å². The van der Waals surface area contributed by atoms with Gasteiger partial charge in [0.05, 0.1) is 18.0 Å². The summed E-state index contributed by atoms with van der Waals surface area (Å²) in [5.74, 6) is -0.0406. The van der Waals surface area contributed by atoms with Crippen molar-refractivity contribution in [2.75, 3.05) is 6.54 Å². The van der Waals surface area contributed by atoms with Crippen molar-refractivity contribution >= 4 is 5.91 Å². The van der Waals surface area contributed by atoms with E-state index in [9.17, 15) is 18.0 Å². The number of likely N-dealkylation sites (tertiary alicyclic amines) is 1. The van der Waals surface area contributed by atoms with Crippen LogP contribution in [-0.4, -0.2) is 17.4 Å². The van der Waals surface area contributed by atoms with E-state index in [0.717, 1.165) is 30.5 Å². The molecule has 1 fully saturated rings.